The van der Waals surface area contributed by atoms with Gasteiger partial charge in [-0.05, 0) is 34.3 Å². The van der Waals surface area contributed by atoms with Crippen LogP contribution in [0.2, 0.25) is 0 Å². The number of hydrogen-bond acceptors (Lipinski definition) is 6. The highest BCUT2D eigenvalue weighted by Gasteiger charge is 2.18. The van der Waals surface area contributed by atoms with Crippen LogP contribution >= 0.6 is 27.7 Å². The van der Waals surface area contributed by atoms with E-state index in [-0.39, 0.29) is 17.9 Å². The van der Waals surface area contributed by atoms with Gasteiger partial charge in [-0.15, -0.1) is 6.42 Å². The summed E-state index contributed by atoms with van der Waals surface area (Å²) in [7, 11) is 1.49. The van der Waals surface area contributed by atoms with Crippen molar-refractivity contribution in [2.45, 2.75) is 5.16 Å². The van der Waals surface area contributed by atoms with E-state index in [4.69, 9.17) is 15.9 Å². The maximum absolute atomic E-state index is 12.1. The largest absolute Gasteiger partial charge is 0.493 e. The van der Waals surface area contributed by atoms with Crippen molar-refractivity contribution in [3.63, 3.8) is 0 Å². The van der Waals surface area contributed by atoms with Crippen LogP contribution in [0.4, 0.5) is 0 Å². The van der Waals surface area contributed by atoms with Crippen molar-refractivity contribution in [3.8, 4) is 41.2 Å². The Balaban J connectivity index is 2.70. The lowest BCUT2D eigenvalue weighted by Gasteiger charge is -2.13. The molecule has 1 heterocycles. The van der Waals surface area contributed by atoms with Crippen LogP contribution in [0.25, 0.3) is 11.3 Å². The van der Waals surface area contributed by atoms with E-state index < -0.39 is 5.56 Å². The number of halogens is 1. The minimum atomic E-state index is -0.495. The molecule has 2 aromatic rings. The monoisotopic (exact) mass is 405 g/mol. The molecule has 24 heavy (non-hydrogen) atoms. The predicted octanol–water partition coefficient (Wildman–Crippen LogP) is 2.81. The van der Waals surface area contributed by atoms with Crippen molar-refractivity contribution in [2.24, 2.45) is 0 Å². The van der Waals surface area contributed by atoms with Crippen molar-refractivity contribution < 1.29 is 9.47 Å². The van der Waals surface area contributed by atoms with E-state index in [1.165, 1.54) is 18.9 Å². The van der Waals surface area contributed by atoms with Gasteiger partial charge in [0.15, 0.2) is 16.7 Å². The number of ether oxygens (including phenoxy) is 2. The molecule has 0 atom stereocenters. The van der Waals surface area contributed by atoms with Gasteiger partial charge in [0.05, 0.1) is 12.8 Å². The second-order valence-electron chi connectivity index (χ2n) is 4.39. The molecule has 8 heteroatoms. The van der Waals surface area contributed by atoms with Gasteiger partial charge in [0.2, 0.25) is 0 Å². The molecule has 0 saturated heterocycles. The van der Waals surface area contributed by atoms with E-state index in [1.807, 2.05) is 6.07 Å². The molecule has 0 aliphatic rings. The first-order chi connectivity index (χ1) is 11.5. The number of nitrogens with zero attached hydrogens (tertiary/aromatic N) is 2. The molecule has 1 N–H and O–H groups in total. The summed E-state index contributed by atoms with van der Waals surface area (Å²) in [5, 5.41) is 9.71. The van der Waals surface area contributed by atoms with Crippen molar-refractivity contribution in [1.82, 2.24) is 9.97 Å². The number of aromatic nitrogens is 2. The quantitative estimate of drug-likeness (QED) is 0.467. The predicted molar refractivity (Wildman–Crippen MR) is 95.4 cm³/mol. The molecule has 0 radical (unpaired) electrons. The number of benzene rings is 1. The van der Waals surface area contributed by atoms with E-state index in [9.17, 15) is 10.1 Å². The molecule has 0 aliphatic heterocycles. The average molecular weight is 406 g/mol. The lowest BCUT2D eigenvalue weighted by molar-refractivity contribution is 0.331. The van der Waals surface area contributed by atoms with Crippen molar-refractivity contribution in [2.75, 3.05) is 20.0 Å². The minimum absolute atomic E-state index is 0.0761. The Labute approximate surface area is 151 Å². The second kappa shape index (κ2) is 7.91. The van der Waals surface area contributed by atoms with E-state index in [0.717, 1.165) is 0 Å². The van der Waals surface area contributed by atoms with Crippen LogP contribution in [0, 0.1) is 23.7 Å². The van der Waals surface area contributed by atoms with E-state index in [0.29, 0.717) is 26.7 Å². The first-order valence-corrected chi connectivity index (χ1v) is 8.60. The summed E-state index contributed by atoms with van der Waals surface area (Å²) in [6.07, 6.45) is 6.98. The molecule has 122 valence electrons. The summed E-state index contributed by atoms with van der Waals surface area (Å²) in [4.78, 5) is 19.0. The SMILES string of the molecule is C#CCOc1cc(Br)c(-c2nc(SC)[nH]c(=O)c2C#N)cc1OC. The Hall–Kier alpha value is -2.42. The van der Waals surface area contributed by atoms with E-state index in [1.54, 1.807) is 18.4 Å². The Kier molecular flexibility index (Phi) is 5.91. The van der Waals surface area contributed by atoms with Crippen LogP contribution in [0.1, 0.15) is 5.56 Å². The normalized spacial score (nSPS) is 9.88. The van der Waals surface area contributed by atoms with Crippen LogP contribution in [0.5, 0.6) is 11.5 Å². The van der Waals surface area contributed by atoms with Crippen LogP contribution in [-0.4, -0.2) is 29.9 Å². The lowest BCUT2D eigenvalue weighted by Crippen LogP contribution is -2.14. The second-order valence-corrected chi connectivity index (χ2v) is 6.04. The summed E-state index contributed by atoms with van der Waals surface area (Å²) in [6.45, 7) is 0.0888. The Morgan fingerprint density at radius 2 is 2.21 bits per heavy atom. The van der Waals surface area contributed by atoms with Gasteiger partial charge in [-0.3, -0.25) is 4.79 Å². The summed E-state index contributed by atoms with van der Waals surface area (Å²) in [5.41, 5.74) is 0.232. The van der Waals surface area contributed by atoms with E-state index >= 15 is 0 Å². The van der Waals surface area contributed by atoms with Gasteiger partial charge < -0.3 is 14.5 Å². The first-order valence-electron chi connectivity index (χ1n) is 6.58. The van der Waals surface area contributed by atoms with Crippen molar-refractivity contribution in [3.05, 3.63) is 32.5 Å². The number of hydrogen-bond donors (Lipinski definition) is 1. The molecule has 0 saturated carbocycles. The fourth-order valence-electron chi connectivity index (χ4n) is 1.96. The molecule has 1 aromatic heterocycles. The summed E-state index contributed by atoms with van der Waals surface area (Å²) in [6, 6.07) is 5.19. The maximum Gasteiger partial charge on any atom is 0.270 e. The zero-order valence-corrected chi connectivity index (χ0v) is 15.2. The number of terminal acetylenes is 1. The van der Waals surface area contributed by atoms with Gasteiger partial charge in [-0.1, -0.05) is 17.7 Å². The molecule has 0 amide bonds. The number of thioether (sulfide) groups is 1. The van der Waals surface area contributed by atoms with Gasteiger partial charge in [0, 0.05) is 10.0 Å². The lowest BCUT2D eigenvalue weighted by atomic mass is 10.1. The molecule has 0 aliphatic carbocycles. The van der Waals surface area contributed by atoms with Gasteiger partial charge in [-0.2, -0.15) is 5.26 Å². The summed E-state index contributed by atoms with van der Waals surface area (Å²) >= 11 is 4.69. The molecular formula is C16H12BrN3O3S. The third-order valence-electron chi connectivity index (χ3n) is 3.02. The molecule has 6 nitrogen and oxygen atoms in total. The summed E-state index contributed by atoms with van der Waals surface area (Å²) < 4.78 is 11.3. The van der Waals surface area contributed by atoms with Crippen LogP contribution < -0.4 is 15.0 Å². The molecule has 0 spiro atoms. The van der Waals surface area contributed by atoms with Crippen LogP contribution in [-0.2, 0) is 0 Å². The number of methoxy groups -OCH3 is 1. The highest BCUT2D eigenvalue weighted by molar-refractivity contribution is 9.10. The number of aromatic amines is 1. The standard InChI is InChI=1S/C16H12BrN3O3S/c1-4-5-23-13-7-11(17)9(6-12(13)22-2)14-10(8-18)15(21)20-16(19-14)24-3/h1,6-7H,5H2,2-3H3,(H,19,20,21). The molecule has 1 aromatic carbocycles. The van der Waals surface area contributed by atoms with Gasteiger partial charge in [-0.25, -0.2) is 4.98 Å². The van der Waals surface area contributed by atoms with E-state index in [2.05, 4.69) is 31.8 Å². The smallest absolute Gasteiger partial charge is 0.270 e. The van der Waals surface area contributed by atoms with Gasteiger partial charge in [0.1, 0.15) is 18.2 Å². The third-order valence-corrected chi connectivity index (χ3v) is 4.26. The fourth-order valence-corrected chi connectivity index (χ4v) is 2.84. The summed E-state index contributed by atoms with van der Waals surface area (Å²) in [5.74, 6) is 3.24. The van der Waals surface area contributed by atoms with Crippen molar-refractivity contribution >= 4 is 27.7 Å². The zero-order valence-electron chi connectivity index (χ0n) is 12.8. The van der Waals surface area contributed by atoms with Gasteiger partial charge in [0.25, 0.3) is 5.56 Å². The third kappa shape index (κ3) is 3.56. The van der Waals surface area contributed by atoms with Crippen LogP contribution in [0.15, 0.2) is 26.6 Å². The Morgan fingerprint density at radius 3 is 2.79 bits per heavy atom. The number of rotatable bonds is 5. The van der Waals surface area contributed by atoms with Gasteiger partial charge >= 0.3 is 0 Å². The molecule has 0 unspecified atom stereocenters. The first kappa shape index (κ1) is 17.9. The Bertz CT molecular complexity index is 912. The minimum Gasteiger partial charge on any atom is -0.493 e. The molecule has 2 rings (SSSR count). The average Bonchev–Trinajstić information content (AvgIpc) is 2.59. The number of nitrogens with one attached hydrogen (secondary N) is 1. The molecule has 0 bridgehead atoms. The number of H-pyrrole nitrogens is 1. The molecular weight excluding hydrogens is 394 g/mol. The number of nitriles is 1. The highest BCUT2D eigenvalue weighted by Crippen LogP contribution is 2.38. The highest BCUT2D eigenvalue weighted by atomic mass is 79.9. The van der Waals surface area contributed by atoms with Crippen LogP contribution in [0.3, 0.4) is 0 Å². The zero-order chi connectivity index (χ0) is 17.7. The topological polar surface area (TPSA) is 88.0 Å². The molecule has 0 fully saturated rings. The Morgan fingerprint density at radius 1 is 1.46 bits per heavy atom. The maximum atomic E-state index is 12.1. The van der Waals surface area contributed by atoms with Crippen molar-refractivity contribution in [1.29, 1.82) is 5.26 Å². The fraction of sp³-hybridized carbons (Fsp3) is 0.188.